The van der Waals surface area contributed by atoms with Gasteiger partial charge in [0.2, 0.25) is 5.88 Å². The first-order chi connectivity index (χ1) is 10.9. The molecule has 0 amide bonds. The van der Waals surface area contributed by atoms with Crippen LogP contribution >= 0.6 is 0 Å². The molecule has 0 aliphatic heterocycles. The van der Waals surface area contributed by atoms with Crippen molar-refractivity contribution < 1.29 is 4.74 Å². The van der Waals surface area contributed by atoms with Gasteiger partial charge >= 0.3 is 0 Å². The van der Waals surface area contributed by atoms with Gasteiger partial charge in [0.1, 0.15) is 11.6 Å². The average Bonchev–Trinajstić information content (AvgIpc) is 3.19. The molecule has 0 bridgehead atoms. The Morgan fingerprint density at radius 2 is 1.91 bits per heavy atom. The average molecular weight is 294 g/mol. The highest BCUT2D eigenvalue weighted by atomic mass is 16.5. The summed E-state index contributed by atoms with van der Waals surface area (Å²) in [6, 6.07) is 10.2. The van der Waals surface area contributed by atoms with Crippen molar-refractivity contribution in [1.29, 1.82) is 0 Å². The fourth-order valence-corrected chi connectivity index (χ4v) is 2.95. The van der Waals surface area contributed by atoms with Crippen molar-refractivity contribution in [2.24, 2.45) is 0 Å². The molecule has 1 aliphatic carbocycles. The third-order valence-electron chi connectivity index (χ3n) is 4.09. The molecule has 0 saturated heterocycles. The van der Waals surface area contributed by atoms with Crippen molar-refractivity contribution in [3.05, 3.63) is 48.3 Å². The van der Waals surface area contributed by atoms with Gasteiger partial charge in [-0.1, -0.05) is 30.3 Å². The molecule has 4 rings (SSSR count). The van der Waals surface area contributed by atoms with Gasteiger partial charge in [0.15, 0.2) is 5.65 Å². The second kappa shape index (κ2) is 5.75. The van der Waals surface area contributed by atoms with Crippen LogP contribution in [0.2, 0.25) is 0 Å². The summed E-state index contributed by atoms with van der Waals surface area (Å²) < 4.78 is 7.77. The van der Waals surface area contributed by atoms with Crippen LogP contribution in [0.15, 0.2) is 42.7 Å². The zero-order valence-corrected chi connectivity index (χ0v) is 12.4. The van der Waals surface area contributed by atoms with Crippen LogP contribution in [0.25, 0.3) is 11.2 Å². The van der Waals surface area contributed by atoms with Crippen LogP contribution in [0.3, 0.4) is 0 Å². The summed E-state index contributed by atoms with van der Waals surface area (Å²) in [6.07, 6.45) is 8.49. The lowest BCUT2D eigenvalue weighted by Gasteiger charge is -2.11. The molecule has 0 unspecified atom stereocenters. The van der Waals surface area contributed by atoms with E-state index in [-0.39, 0.29) is 0 Å². The molecule has 1 aromatic carbocycles. The highest BCUT2D eigenvalue weighted by Gasteiger charge is 2.17. The van der Waals surface area contributed by atoms with Gasteiger partial charge < -0.3 is 4.74 Å². The number of ether oxygens (including phenoxy) is 1. The molecule has 5 heteroatoms. The van der Waals surface area contributed by atoms with Crippen LogP contribution in [-0.2, 0) is 6.54 Å². The predicted molar refractivity (Wildman–Crippen MR) is 83.8 cm³/mol. The third-order valence-corrected chi connectivity index (χ3v) is 4.09. The molecule has 0 N–H and O–H groups in total. The highest BCUT2D eigenvalue weighted by Crippen LogP contribution is 2.23. The highest BCUT2D eigenvalue weighted by molar-refractivity contribution is 5.69. The van der Waals surface area contributed by atoms with Gasteiger partial charge in [-0.2, -0.15) is 5.10 Å². The summed E-state index contributed by atoms with van der Waals surface area (Å²) in [5.74, 6) is 0.610. The first kappa shape index (κ1) is 13.2. The number of hydrogen-bond acceptors (Lipinski definition) is 4. The van der Waals surface area contributed by atoms with E-state index in [1.807, 2.05) is 22.9 Å². The number of rotatable bonds is 4. The molecule has 1 aliphatic rings. The van der Waals surface area contributed by atoms with Crippen molar-refractivity contribution in [3.63, 3.8) is 0 Å². The molecular weight excluding hydrogens is 276 g/mol. The maximum atomic E-state index is 5.90. The Labute approximate surface area is 129 Å². The molecule has 22 heavy (non-hydrogen) atoms. The fraction of sp³-hybridized carbons (Fsp3) is 0.353. The van der Waals surface area contributed by atoms with Gasteiger partial charge in [-0.3, -0.25) is 0 Å². The van der Waals surface area contributed by atoms with Gasteiger partial charge in [0.25, 0.3) is 0 Å². The van der Waals surface area contributed by atoms with E-state index in [0.717, 1.165) is 24.0 Å². The standard InChI is InChI=1S/C17H18N4O/c1-2-6-13(7-3-1)12-21-17-15(10-19-21)20-16(11-18-17)22-14-8-4-5-9-14/h1-3,6-7,10-11,14H,4-5,8-9,12H2. The molecule has 112 valence electrons. The van der Waals surface area contributed by atoms with Crippen molar-refractivity contribution >= 4 is 11.2 Å². The molecule has 3 aromatic rings. The monoisotopic (exact) mass is 294 g/mol. The van der Waals surface area contributed by atoms with Crippen LogP contribution in [0.5, 0.6) is 5.88 Å². The predicted octanol–water partition coefficient (Wildman–Crippen LogP) is 3.20. The summed E-state index contributed by atoms with van der Waals surface area (Å²) in [5, 5.41) is 4.40. The molecule has 0 spiro atoms. The minimum atomic E-state index is 0.297. The lowest BCUT2D eigenvalue weighted by Crippen LogP contribution is -2.12. The Morgan fingerprint density at radius 1 is 1.09 bits per heavy atom. The number of benzene rings is 1. The first-order valence-corrected chi connectivity index (χ1v) is 7.77. The van der Waals surface area contributed by atoms with Gasteiger partial charge in [-0.15, -0.1) is 0 Å². The Hall–Kier alpha value is -2.43. The van der Waals surface area contributed by atoms with Crippen LogP contribution < -0.4 is 4.74 Å². The van der Waals surface area contributed by atoms with Crippen molar-refractivity contribution in [2.45, 2.75) is 38.3 Å². The van der Waals surface area contributed by atoms with Crippen molar-refractivity contribution in [3.8, 4) is 5.88 Å². The lowest BCUT2D eigenvalue weighted by atomic mass is 10.2. The van der Waals surface area contributed by atoms with Crippen LogP contribution in [0.1, 0.15) is 31.2 Å². The molecule has 0 atom stereocenters. The summed E-state index contributed by atoms with van der Waals surface area (Å²) in [5.41, 5.74) is 2.77. The zero-order valence-electron chi connectivity index (χ0n) is 12.4. The molecule has 2 heterocycles. The maximum Gasteiger partial charge on any atom is 0.233 e. The Bertz CT molecular complexity index is 763. The summed E-state index contributed by atoms with van der Waals surface area (Å²) >= 11 is 0. The van der Waals surface area contributed by atoms with E-state index in [0.29, 0.717) is 18.5 Å². The topological polar surface area (TPSA) is 52.8 Å². The molecule has 5 nitrogen and oxygen atoms in total. The van der Waals surface area contributed by atoms with Gasteiger partial charge in [0.05, 0.1) is 18.9 Å². The Balaban J connectivity index is 1.57. The lowest BCUT2D eigenvalue weighted by molar-refractivity contribution is 0.201. The molecular formula is C17H18N4O. The number of nitrogens with zero attached hydrogens (tertiary/aromatic N) is 4. The van der Waals surface area contributed by atoms with Crippen molar-refractivity contribution in [2.75, 3.05) is 0 Å². The van der Waals surface area contributed by atoms with E-state index in [2.05, 4.69) is 27.2 Å². The van der Waals surface area contributed by atoms with Gasteiger partial charge in [0, 0.05) is 0 Å². The second-order valence-corrected chi connectivity index (χ2v) is 5.73. The van der Waals surface area contributed by atoms with Gasteiger partial charge in [-0.05, 0) is 31.2 Å². The van der Waals surface area contributed by atoms with E-state index >= 15 is 0 Å². The van der Waals surface area contributed by atoms with Crippen LogP contribution in [-0.4, -0.2) is 25.9 Å². The maximum absolute atomic E-state index is 5.90. The quantitative estimate of drug-likeness (QED) is 0.741. The van der Waals surface area contributed by atoms with E-state index in [9.17, 15) is 0 Å². The molecule has 1 saturated carbocycles. The van der Waals surface area contributed by atoms with Crippen molar-refractivity contribution in [1.82, 2.24) is 19.7 Å². The summed E-state index contributed by atoms with van der Waals surface area (Å²) in [4.78, 5) is 9.03. The third kappa shape index (κ3) is 2.66. The van der Waals surface area contributed by atoms with Crippen LogP contribution in [0, 0.1) is 0 Å². The summed E-state index contributed by atoms with van der Waals surface area (Å²) in [7, 11) is 0. The molecule has 1 fully saturated rings. The number of fused-ring (bicyclic) bond motifs is 1. The second-order valence-electron chi connectivity index (χ2n) is 5.73. The number of hydrogen-bond donors (Lipinski definition) is 0. The minimum absolute atomic E-state index is 0.297. The first-order valence-electron chi connectivity index (χ1n) is 7.77. The minimum Gasteiger partial charge on any atom is -0.473 e. The number of aromatic nitrogens is 4. The molecule has 0 radical (unpaired) electrons. The smallest absolute Gasteiger partial charge is 0.233 e. The van der Waals surface area contributed by atoms with E-state index in [1.165, 1.54) is 18.4 Å². The van der Waals surface area contributed by atoms with E-state index in [4.69, 9.17) is 4.74 Å². The van der Waals surface area contributed by atoms with Crippen LogP contribution in [0.4, 0.5) is 0 Å². The zero-order chi connectivity index (χ0) is 14.8. The normalized spacial score (nSPS) is 15.5. The fourth-order valence-electron chi connectivity index (χ4n) is 2.95. The Morgan fingerprint density at radius 3 is 2.73 bits per heavy atom. The largest absolute Gasteiger partial charge is 0.473 e. The summed E-state index contributed by atoms with van der Waals surface area (Å²) in [6.45, 7) is 0.696. The molecule has 2 aromatic heterocycles. The van der Waals surface area contributed by atoms with E-state index < -0.39 is 0 Å². The van der Waals surface area contributed by atoms with E-state index in [1.54, 1.807) is 12.4 Å². The SMILES string of the molecule is c1ccc(Cn2ncc3nc(OC4CCCC4)cnc32)cc1. The van der Waals surface area contributed by atoms with Gasteiger partial charge in [-0.25, -0.2) is 14.6 Å². The Kier molecular flexibility index (Phi) is 3.46.